The number of rotatable bonds is 8. The Labute approximate surface area is 224 Å². The van der Waals surface area contributed by atoms with E-state index in [0.29, 0.717) is 36.4 Å². The SMILES string of the molecule is COc1cccc(OC)c1CNc1nc(N[C@H]2CC[C@H](N)CC2)nc2c1ncn2C1CCCC1.Cl.Cl. The fraction of sp³-hybridized carbons (Fsp3) is 0.560. The van der Waals surface area contributed by atoms with E-state index in [1.165, 1.54) is 25.7 Å². The molecule has 0 bridgehead atoms. The number of imidazole rings is 1. The van der Waals surface area contributed by atoms with Gasteiger partial charge in [0.15, 0.2) is 17.0 Å². The van der Waals surface area contributed by atoms with Gasteiger partial charge in [-0.25, -0.2) is 4.98 Å². The highest BCUT2D eigenvalue weighted by Crippen LogP contribution is 2.34. The van der Waals surface area contributed by atoms with Crippen LogP contribution >= 0.6 is 24.8 Å². The largest absolute Gasteiger partial charge is 0.496 e. The zero-order valence-electron chi connectivity index (χ0n) is 20.9. The molecule has 3 aromatic rings. The van der Waals surface area contributed by atoms with Crippen LogP contribution in [0.15, 0.2) is 24.5 Å². The second kappa shape index (κ2) is 12.7. The maximum atomic E-state index is 6.11. The number of ether oxygens (including phenoxy) is 2. The van der Waals surface area contributed by atoms with Crippen LogP contribution in [-0.4, -0.2) is 45.8 Å². The number of nitrogens with two attached hydrogens (primary N) is 1. The Morgan fingerprint density at radius 1 is 0.972 bits per heavy atom. The van der Waals surface area contributed by atoms with Crippen LogP contribution in [0.5, 0.6) is 11.5 Å². The molecule has 198 valence electrons. The average molecular weight is 539 g/mol. The van der Waals surface area contributed by atoms with Gasteiger partial charge in [-0.1, -0.05) is 18.9 Å². The first kappa shape index (κ1) is 28.1. The first-order valence-electron chi connectivity index (χ1n) is 12.4. The lowest BCUT2D eigenvalue weighted by molar-refractivity contribution is 0.386. The number of benzene rings is 1. The number of halogens is 2. The summed E-state index contributed by atoms with van der Waals surface area (Å²) in [5.74, 6) is 2.89. The van der Waals surface area contributed by atoms with Crippen LogP contribution in [0.25, 0.3) is 11.2 Å². The predicted molar refractivity (Wildman–Crippen MR) is 148 cm³/mol. The van der Waals surface area contributed by atoms with Crippen molar-refractivity contribution in [2.45, 2.75) is 76.0 Å². The van der Waals surface area contributed by atoms with Crippen molar-refractivity contribution < 1.29 is 9.47 Å². The van der Waals surface area contributed by atoms with Gasteiger partial charge in [0, 0.05) is 24.7 Å². The fourth-order valence-corrected chi connectivity index (χ4v) is 5.27. The van der Waals surface area contributed by atoms with E-state index in [4.69, 9.17) is 30.2 Å². The van der Waals surface area contributed by atoms with Crippen molar-refractivity contribution in [2.75, 3.05) is 24.9 Å². The lowest BCUT2D eigenvalue weighted by Gasteiger charge is -2.27. The summed E-state index contributed by atoms with van der Waals surface area (Å²) < 4.78 is 13.4. The Bertz CT molecular complexity index is 1110. The molecule has 5 rings (SSSR count). The number of nitrogens with one attached hydrogen (secondary N) is 2. The fourth-order valence-electron chi connectivity index (χ4n) is 5.27. The van der Waals surface area contributed by atoms with E-state index in [1.54, 1.807) is 14.2 Å². The molecule has 0 atom stereocenters. The van der Waals surface area contributed by atoms with E-state index in [0.717, 1.165) is 53.9 Å². The highest BCUT2D eigenvalue weighted by Gasteiger charge is 2.24. The molecular weight excluding hydrogens is 501 g/mol. The Morgan fingerprint density at radius 2 is 1.64 bits per heavy atom. The van der Waals surface area contributed by atoms with Gasteiger partial charge in [-0.05, 0) is 50.7 Å². The smallest absolute Gasteiger partial charge is 0.227 e. The van der Waals surface area contributed by atoms with Gasteiger partial charge in [0.25, 0.3) is 0 Å². The van der Waals surface area contributed by atoms with Crippen molar-refractivity contribution in [1.29, 1.82) is 0 Å². The Balaban J connectivity index is 0.00000180. The summed E-state index contributed by atoms with van der Waals surface area (Å²) in [6.45, 7) is 0.493. The van der Waals surface area contributed by atoms with E-state index in [-0.39, 0.29) is 24.8 Å². The van der Waals surface area contributed by atoms with Crippen LogP contribution in [0.2, 0.25) is 0 Å². The first-order chi connectivity index (χ1) is 16.7. The van der Waals surface area contributed by atoms with E-state index in [2.05, 4.69) is 15.2 Å². The number of aromatic nitrogens is 4. The van der Waals surface area contributed by atoms with Crippen molar-refractivity contribution >= 4 is 47.7 Å². The first-order valence-corrected chi connectivity index (χ1v) is 12.4. The summed E-state index contributed by atoms with van der Waals surface area (Å²) in [5.41, 5.74) is 8.71. The van der Waals surface area contributed by atoms with Gasteiger partial charge >= 0.3 is 0 Å². The van der Waals surface area contributed by atoms with Gasteiger partial charge in [-0.3, -0.25) is 0 Å². The molecule has 0 saturated heterocycles. The summed E-state index contributed by atoms with van der Waals surface area (Å²) >= 11 is 0. The molecule has 11 heteroatoms. The van der Waals surface area contributed by atoms with E-state index in [1.807, 2.05) is 24.5 Å². The van der Waals surface area contributed by atoms with Crippen LogP contribution in [-0.2, 0) is 6.54 Å². The number of hydrogen-bond donors (Lipinski definition) is 3. The minimum atomic E-state index is 0. The van der Waals surface area contributed by atoms with Crippen LogP contribution in [0, 0.1) is 0 Å². The van der Waals surface area contributed by atoms with Crippen molar-refractivity contribution in [1.82, 2.24) is 19.5 Å². The van der Waals surface area contributed by atoms with Crippen molar-refractivity contribution in [3.8, 4) is 11.5 Å². The second-order valence-corrected chi connectivity index (χ2v) is 9.41. The molecule has 0 spiro atoms. The summed E-state index contributed by atoms with van der Waals surface area (Å²) in [7, 11) is 3.34. The van der Waals surface area contributed by atoms with E-state index < -0.39 is 0 Å². The zero-order valence-corrected chi connectivity index (χ0v) is 22.5. The molecule has 36 heavy (non-hydrogen) atoms. The minimum Gasteiger partial charge on any atom is -0.496 e. The third-order valence-electron chi connectivity index (χ3n) is 7.21. The molecule has 0 unspecified atom stereocenters. The van der Waals surface area contributed by atoms with Gasteiger partial charge in [0.1, 0.15) is 11.5 Å². The van der Waals surface area contributed by atoms with Gasteiger partial charge < -0.3 is 30.4 Å². The third-order valence-corrected chi connectivity index (χ3v) is 7.21. The Morgan fingerprint density at radius 3 is 2.28 bits per heavy atom. The summed E-state index contributed by atoms with van der Waals surface area (Å²) in [6.07, 6.45) is 10.9. The maximum absolute atomic E-state index is 6.11. The number of anilines is 2. The van der Waals surface area contributed by atoms with Crippen molar-refractivity contribution in [2.24, 2.45) is 5.73 Å². The summed E-state index contributed by atoms with van der Waals surface area (Å²) in [4.78, 5) is 14.5. The molecule has 9 nitrogen and oxygen atoms in total. The van der Waals surface area contributed by atoms with Crippen LogP contribution in [0.3, 0.4) is 0 Å². The second-order valence-electron chi connectivity index (χ2n) is 9.41. The molecule has 2 heterocycles. The minimum absolute atomic E-state index is 0. The topological polar surface area (TPSA) is 112 Å². The molecule has 2 fully saturated rings. The molecule has 2 aromatic heterocycles. The molecule has 4 N–H and O–H groups in total. The van der Waals surface area contributed by atoms with Gasteiger partial charge in [0.05, 0.1) is 26.1 Å². The number of nitrogens with zero attached hydrogens (tertiary/aromatic N) is 4. The molecule has 0 radical (unpaired) electrons. The van der Waals surface area contributed by atoms with Crippen molar-refractivity contribution in [3.63, 3.8) is 0 Å². The summed E-state index contributed by atoms with van der Waals surface area (Å²) in [5, 5.41) is 7.07. The van der Waals surface area contributed by atoms with E-state index in [9.17, 15) is 0 Å². The third kappa shape index (κ3) is 5.90. The normalized spacial score (nSPS) is 19.9. The molecule has 0 aliphatic heterocycles. The average Bonchev–Trinajstić information content (AvgIpc) is 3.53. The van der Waals surface area contributed by atoms with Crippen LogP contribution in [0.4, 0.5) is 11.8 Å². The van der Waals surface area contributed by atoms with Gasteiger partial charge in [0.2, 0.25) is 5.95 Å². The van der Waals surface area contributed by atoms with Gasteiger partial charge in [-0.2, -0.15) is 9.97 Å². The standard InChI is InChI=1S/C25H35N7O2.2ClH/c1-33-20-8-5-9-21(34-2)19(20)14-27-23-22-24(32(15-28-22)18-6-3-4-7-18)31-25(30-23)29-17-12-10-16(26)11-13-17;;/h5,8-9,15-18H,3-4,6-7,10-14,26H2,1-2H3,(H2,27,29,30,31);2*1H/t16-,17-;;. The molecule has 2 saturated carbocycles. The van der Waals surface area contributed by atoms with Crippen LogP contribution in [0.1, 0.15) is 63.0 Å². The molecule has 2 aliphatic carbocycles. The highest BCUT2D eigenvalue weighted by atomic mass is 35.5. The Hall–Kier alpha value is -2.49. The number of hydrogen-bond acceptors (Lipinski definition) is 8. The molecular formula is C25H37Cl2N7O2. The molecule has 2 aliphatic rings. The number of methoxy groups -OCH3 is 2. The monoisotopic (exact) mass is 537 g/mol. The lowest BCUT2D eigenvalue weighted by Crippen LogP contribution is -2.33. The van der Waals surface area contributed by atoms with Crippen molar-refractivity contribution in [3.05, 3.63) is 30.1 Å². The predicted octanol–water partition coefficient (Wildman–Crippen LogP) is 5.10. The van der Waals surface area contributed by atoms with Gasteiger partial charge in [-0.15, -0.1) is 24.8 Å². The highest BCUT2D eigenvalue weighted by molar-refractivity contribution is 5.86. The number of fused-ring (bicyclic) bond motifs is 1. The van der Waals surface area contributed by atoms with E-state index >= 15 is 0 Å². The Kier molecular flexibility index (Phi) is 9.87. The summed E-state index contributed by atoms with van der Waals surface area (Å²) in [6, 6.07) is 6.88. The van der Waals surface area contributed by atoms with Crippen LogP contribution < -0.4 is 25.8 Å². The quantitative estimate of drug-likeness (QED) is 0.364. The zero-order chi connectivity index (χ0) is 23.5. The lowest BCUT2D eigenvalue weighted by atomic mass is 9.92. The molecule has 1 aromatic carbocycles. The maximum Gasteiger partial charge on any atom is 0.227 e. The molecule has 0 amide bonds.